The van der Waals surface area contributed by atoms with E-state index in [1.165, 1.54) is 12.4 Å². The number of nitriles is 2. The summed E-state index contributed by atoms with van der Waals surface area (Å²) in [5, 5.41) is 56.4. The number of rotatable bonds is 20. The van der Waals surface area contributed by atoms with Crippen molar-refractivity contribution in [2.24, 2.45) is 0 Å². The molecule has 0 aliphatic rings. The van der Waals surface area contributed by atoms with Crippen LogP contribution in [0.4, 0.5) is 0 Å². The van der Waals surface area contributed by atoms with Gasteiger partial charge in [0.25, 0.3) is 21.8 Å². The van der Waals surface area contributed by atoms with Gasteiger partial charge in [0.2, 0.25) is 0 Å². The number of benzene rings is 4. The summed E-state index contributed by atoms with van der Waals surface area (Å²) in [6.07, 6.45) is 11.1. The monoisotopic (exact) mass is 1590 g/mol. The molecular weight excluding hydrogens is 1530 g/mol. The predicted octanol–water partition coefficient (Wildman–Crippen LogP) is 16.6. The summed E-state index contributed by atoms with van der Waals surface area (Å²) in [6, 6.07) is 42.3. The van der Waals surface area contributed by atoms with Crippen LogP contribution in [0.5, 0.6) is 0 Å². The maximum atomic E-state index is 13.3. The zero-order valence-corrected chi connectivity index (χ0v) is 63.5. The Kier molecular flexibility index (Phi) is 28.3. The van der Waals surface area contributed by atoms with E-state index >= 15 is 0 Å². The van der Waals surface area contributed by atoms with Crippen molar-refractivity contribution in [2.45, 2.75) is 57.8 Å². The molecule has 4 aromatic carbocycles. The Morgan fingerprint density at radius 3 is 1.59 bits per heavy atom. The minimum Gasteiger partial charge on any atom is -0.461 e. The van der Waals surface area contributed by atoms with Crippen molar-refractivity contribution in [3.05, 3.63) is 286 Å². The van der Waals surface area contributed by atoms with E-state index in [0.717, 1.165) is 50.2 Å². The second kappa shape index (κ2) is 37.4. The fraction of sp³-hybridized carbons (Fsp3) is 0.156. The van der Waals surface area contributed by atoms with Gasteiger partial charge >= 0.3 is 5.97 Å². The second-order valence-corrected chi connectivity index (χ2v) is 28.1. The summed E-state index contributed by atoms with van der Waals surface area (Å²) in [7, 11) is -3.92. The van der Waals surface area contributed by atoms with Gasteiger partial charge in [-0.25, -0.2) is 37.9 Å². The maximum Gasteiger partial charge on any atom is 0.355 e. The van der Waals surface area contributed by atoms with E-state index in [1.807, 2.05) is 44.2 Å². The molecule has 12 aromatic rings. The van der Waals surface area contributed by atoms with Gasteiger partial charge in [-0.1, -0.05) is 148 Å². The highest BCUT2D eigenvalue weighted by Crippen LogP contribution is 2.39. The fourth-order valence-corrected chi connectivity index (χ4v) is 14.1. The molecule has 3 atom stereocenters. The van der Waals surface area contributed by atoms with Gasteiger partial charge in [-0.2, -0.15) is 10.5 Å². The molecule has 22 nitrogen and oxygen atoms in total. The Hall–Kier alpha value is -10.2. The number of aliphatic hydroxyl groups excluding tert-OH is 3. The van der Waals surface area contributed by atoms with Crippen LogP contribution in [0.15, 0.2) is 188 Å². The van der Waals surface area contributed by atoms with Crippen LogP contribution in [0, 0.1) is 50.4 Å². The highest BCUT2D eigenvalue weighted by Gasteiger charge is 2.29. The number of hydrogen-bond acceptors (Lipinski definition) is 15. The molecule has 0 aliphatic carbocycles. The number of aliphatic hydroxyl groups is 3. The van der Waals surface area contributed by atoms with Gasteiger partial charge in [0.15, 0.2) is 5.03 Å². The summed E-state index contributed by atoms with van der Waals surface area (Å²) in [6.45, 7) is 8.36. The van der Waals surface area contributed by atoms with E-state index in [2.05, 4.69) is 67.4 Å². The van der Waals surface area contributed by atoms with Gasteiger partial charge in [0.05, 0.1) is 55.7 Å². The average Bonchev–Trinajstić information content (AvgIpc) is 1.65. The Labute approximate surface area is 650 Å². The normalized spacial score (nSPS) is 11.7. The second-order valence-electron chi connectivity index (χ2n) is 23.6. The SMILES string of the molecule is CCOC(=O)c1[nH]c(C)c(-c2cc(Cl)ncc2C#N)c1C.Cc1c(-c2ccnc(Cl)c2)c[nH]c1S(=O)(=O)N[C@H](CO)c1cccc(Cl)c1.Cc1cnc(Cl)cc1-c1c[nH]c(C(=O)N[C@H](CO)c2cccc(Cl)c2)c1.N#Cc1cnc(Cl)cc1-c1c[nH]c(C(=O)N[C@H](CO)c2cccc(Cl)c2)c1-c1ccccc1. The number of aryl methyl sites for hydroxylation is 2. The third kappa shape index (κ3) is 20.3. The molecule has 10 N–H and O–H groups in total. The van der Waals surface area contributed by atoms with Crippen molar-refractivity contribution in [1.82, 2.24) is 55.2 Å². The number of pyridine rings is 4. The van der Waals surface area contributed by atoms with Crippen molar-refractivity contribution >= 4 is 109 Å². The first-order valence-electron chi connectivity index (χ1n) is 32.4. The average molecular weight is 1600 g/mol. The summed E-state index contributed by atoms with van der Waals surface area (Å²) >= 11 is 41.9. The Morgan fingerprint density at radius 2 is 1.04 bits per heavy atom. The lowest BCUT2D eigenvalue weighted by Crippen LogP contribution is -2.31. The lowest BCUT2D eigenvalue weighted by Gasteiger charge is -2.17. The van der Waals surface area contributed by atoms with E-state index in [4.69, 9.17) is 85.9 Å². The van der Waals surface area contributed by atoms with Crippen molar-refractivity contribution in [2.75, 3.05) is 26.4 Å². The molecule has 0 spiro atoms. The number of hydrogen-bond donors (Lipinski definition) is 10. The van der Waals surface area contributed by atoms with Crippen LogP contribution in [0.25, 0.3) is 55.6 Å². The van der Waals surface area contributed by atoms with Gasteiger partial charge in [-0.3, -0.25) is 9.59 Å². The fourth-order valence-electron chi connectivity index (χ4n) is 11.4. The molecule has 2 amide bonds. The van der Waals surface area contributed by atoms with Gasteiger partial charge in [0, 0.05) is 103 Å². The number of amides is 2. The molecule has 30 heteroatoms. The molecule has 8 heterocycles. The summed E-state index contributed by atoms with van der Waals surface area (Å²) in [5.41, 5.74) is 13.9. The zero-order chi connectivity index (χ0) is 77.2. The molecule has 548 valence electrons. The Bertz CT molecular complexity index is 5410. The number of H-pyrrole nitrogens is 4. The minimum absolute atomic E-state index is 0.0194. The molecule has 0 radical (unpaired) electrons. The van der Waals surface area contributed by atoms with E-state index in [0.29, 0.717) is 104 Å². The zero-order valence-electron chi connectivity index (χ0n) is 57.4. The van der Waals surface area contributed by atoms with Crippen molar-refractivity contribution in [3.8, 4) is 67.8 Å². The number of ether oxygens (including phenoxy) is 1. The predicted molar refractivity (Wildman–Crippen MR) is 415 cm³/mol. The van der Waals surface area contributed by atoms with Crippen molar-refractivity contribution in [1.29, 1.82) is 10.5 Å². The summed E-state index contributed by atoms with van der Waals surface area (Å²) in [5.74, 6) is -1.16. The number of carbonyl (C=O) groups excluding carboxylic acids is 3. The van der Waals surface area contributed by atoms with Crippen LogP contribution in [-0.2, 0) is 14.8 Å². The van der Waals surface area contributed by atoms with E-state index < -0.39 is 46.6 Å². The summed E-state index contributed by atoms with van der Waals surface area (Å²) < 4.78 is 33.3. The highest BCUT2D eigenvalue weighted by molar-refractivity contribution is 7.89. The number of aromatic amines is 4. The number of sulfonamides is 1. The molecule has 0 unspecified atom stereocenters. The van der Waals surface area contributed by atoms with Gasteiger partial charge in [-0.05, 0) is 157 Å². The molecule has 0 aliphatic heterocycles. The smallest absolute Gasteiger partial charge is 0.355 e. The van der Waals surface area contributed by atoms with Crippen LogP contribution in [0.2, 0.25) is 35.7 Å². The van der Waals surface area contributed by atoms with Crippen LogP contribution in [0.1, 0.15) is 107 Å². The van der Waals surface area contributed by atoms with Crippen molar-refractivity contribution in [3.63, 3.8) is 0 Å². The molecule has 0 bridgehead atoms. The number of nitrogens with one attached hydrogen (secondary N) is 7. The first-order valence-corrected chi connectivity index (χ1v) is 36.5. The van der Waals surface area contributed by atoms with Crippen LogP contribution < -0.4 is 15.4 Å². The van der Waals surface area contributed by atoms with E-state index in [-0.39, 0.29) is 35.0 Å². The minimum atomic E-state index is -3.92. The molecule has 0 saturated carbocycles. The Balaban J connectivity index is 0.000000167. The third-order valence-corrected chi connectivity index (χ3v) is 19.6. The molecule has 12 rings (SSSR count). The first-order chi connectivity index (χ1) is 51.3. The van der Waals surface area contributed by atoms with E-state index in [1.54, 1.807) is 161 Å². The number of nitrogens with zero attached hydrogens (tertiary/aromatic N) is 6. The van der Waals surface area contributed by atoms with Crippen LogP contribution in [-0.4, -0.2) is 108 Å². The maximum absolute atomic E-state index is 13.3. The topological polar surface area (TPSA) is 354 Å². The number of aromatic nitrogens is 8. The number of carbonyl (C=O) groups is 3. The Morgan fingerprint density at radius 1 is 0.514 bits per heavy atom. The number of halogens is 7. The molecule has 8 aromatic heterocycles. The first kappa shape index (κ1) is 80.9. The largest absolute Gasteiger partial charge is 0.461 e. The standard InChI is InChI=1S/C25H18Cl2N4O2.C19H17Cl2N3O2.C18H17Cl2N3O3S.C15H14ClN3O2/c26-18-8-4-7-16(9-18)21(14-32)31-25(33)24-23(15-5-2-1-3-6-15)20(13-30-24)19-10-22(27)29-12-17(19)11-28;1-11-8-23-18(21)7-15(11)13-6-16(22-9-13)19(26)24-17(10-25)12-3-2-4-14(20)5-12;1-11-15(12-5-6-21-17(20)8-12)9-22-18(11)27(25,26)23-16(10-24)13-3-2-4-14(19)7-13;1-4-21-15(20)14-8(2)13(9(3)19-14)11-5-12(16)18-7-10(11)6-17/h1-10,12-13,21,30,32H,14H2,(H,31,33);2-9,17,22,25H,10H2,1H3,(H,24,26);2-9,16,22-24H,10H2,1H3;5,7,19H,4H2,1-3H3/t21-;17-;16-;/m111./s1. The van der Waals surface area contributed by atoms with Gasteiger partial charge in [-0.15, -0.1) is 0 Å². The van der Waals surface area contributed by atoms with Crippen LogP contribution >= 0.6 is 81.2 Å². The lowest BCUT2D eigenvalue weighted by molar-refractivity contribution is 0.0518. The van der Waals surface area contributed by atoms with E-state index in [9.17, 15) is 48.6 Å². The summed E-state index contributed by atoms with van der Waals surface area (Å²) in [4.78, 5) is 65.5. The third-order valence-electron chi connectivity index (χ3n) is 16.5. The quantitative estimate of drug-likeness (QED) is 0.0250. The lowest BCUT2D eigenvalue weighted by atomic mass is 9.94. The van der Waals surface area contributed by atoms with Gasteiger partial charge < -0.3 is 50.6 Å². The van der Waals surface area contributed by atoms with Crippen LogP contribution in [0.3, 0.4) is 0 Å². The molecule has 0 fully saturated rings. The molecule has 0 saturated heterocycles. The highest BCUT2D eigenvalue weighted by atomic mass is 35.5. The molecule has 107 heavy (non-hydrogen) atoms. The number of esters is 1. The van der Waals surface area contributed by atoms with Crippen molar-refractivity contribution < 1.29 is 42.9 Å². The molecular formula is C77H66Cl7N13O9S. The van der Waals surface area contributed by atoms with Gasteiger partial charge in [0.1, 0.15) is 49.8 Å².